The summed E-state index contributed by atoms with van der Waals surface area (Å²) in [6.07, 6.45) is 1.66. The van der Waals surface area contributed by atoms with Crippen LogP contribution < -0.4 is 5.56 Å². The first kappa shape index (κ1) is 20.4. The number of rotatable bonds is 5. The van der Waals surface area contributed by atoms with E-state index in [2.05, 4.69) is 20.4 Å². The molecule has 0 fully saturated rings. The minimum Gasteiger partial charge on any atom is -0.369 e. The monoisotopic (exact) mass is 426 g/mol. The van der Waals surface area contributed by atoms with Crippen LogP contribution in [0.2, 0.25) is 0 Å². The fourth-order valence-corrected chi connectivity index (χ4v) is 5.53. The quantitative estimate of drug-likeness (QED) is 0.300. The molecule has 0 saturated carbocycles. The Labute approximate surface area is 179 Å². The number of fused-ring (bicyclic) bond motifs is 3. The van der Waals surface area contributed by atoms with Crippen molar-refractivity contribution in [1.29, 1.82) is 0 Å². The van der Waals surface area contributed by atoms with Gasteiger partial charge in [0.2, 0.25) is 0 Å². The lowest BCUT2D eigenvalue weighted by atomic mass is 9.90. The molecule has 0 aliphatic carbocycles. The third kappa shape index (κ3) is 3.81. The van der Waals surface area contributed by atoms with Crippen LogP contribution in [0.4, 0.5) is 0 Å². The smallest absolute Gasteiger partial charge is 0.267 e. The molecule has 2 aromatic heterocycles. The molecule has 0 amide bonds. The Morgan fingerprint density at radius 2 is 2.10 bits per heavy atom. The maximum Gasteiger partial charge on any atom is 0.267 e. The Morgan fingerprint density at radius 3 is 2.76 bits per heavy atom. The lowest BCUT2D eigenvalue weighted by molar-refractivity contribution is -0.0543. The van der Waals surface area contributed by atoms with Gasteiger partial charge in [-0.15, -0.1) is 11.3 Å². The zero-order valence-electron chi connectivity index (χ0n) is 17.4. The van der Waals surface area contributed by atoms with Crippen LogP contribution in [-0.2, 0) is 17.8 Å². The molecule has 3 aromatic rings. The first-order valence-electron chi connectivity index (χ1n) is 9.87. The highest BCUT2D eigenvalue weighted by Gasteiger charge is 2.33. The number of aromatic nitrogens is 2. The van der Waals surface area contributed by atoms with Gasteiger partial charge in [-0.1, -0.05) is 48.5 Å². The van der Waals surface area contributed by atoms with Crippen molar-refractivity contribution in [3.63, 3.8) is 0 Å². The fraction of sp³-hybridized carbons (Fsp3) is 0.391. The van der Waals surface area contributed by atoms with Crippen LogP contribution in [-0.4, -0.2) is 20.9 Å². The fourth-order valence-electron chi connectivity index (χ4n) is 3.53. The second-order valence-corrected chi connectivity index (χ2v) is 10.1. The molecule has 3 heterocycles. The average Bonchev–Trinajstić information content (AvgIpc) is 3.05. The largest absolute Gasteiger partial charge is 0.369 e. The highest BCUT2D eigenvalue weighted by molar-refractivity contribution is 7.99. The van der Waals surface area contributed by atoms with Crippen LogP contribution in [0.15, 0.2) is 46.4 Å². The molecular formula is C23H26N2O2S2. The molecule has 0 unspecified atom stereocenters. The highest BCUT2D eigenvalue weighted by Crippen LogP contribution is 2.39. The molecule has 6 heteroatoms. The van der Waals surface area contributed by atoms with Gasteiger partial charge in [0.15, 0.2) is 5.16 Å². The third-order valence-corrected chi connectivity index (χ3v) is 7.74. The normalized spacial score (nSPS) is 18.8. The summed E-state index contributed by atoms with van der Waals surface area (Å²) in [7, 11) is 0. The van der Waals surface area contributed by atoms with E-state index in [0.29, 0.717) is 11.8 Å². The Morgan fingerprint density at radius 1 is 1.38 bits per heavy atom. The molecule has 1 aliphatic rings. The number of ether oxygens (including phenoxy) is 1. The van der Waals surface area contributed by atoms with E-state index in [1.54, 1.807) is 27.7 Å². The van der Waals surface area contributed by atoms with E-state index in [1.165, 1.54) is 0 Å². The van der Waals surface area contributed by atoms with Gasteiger partial charge in [-0.2, -0.15) is 0 Å². The van der Waals surface area contributed by atoms with E-state index in [-0.39, 0.29) is 11.2 Å². The van der Waals surface area contributed by atoms with E-state index >= 15 is 0 Å². The van der Waals surface area contributed by atoms with Crippen molar-refractivity contribution in [3.05, 3.63) is 62.8 Å². The van der Waals surface area contributed by atoms with Crippen molar-refractivity contribution in [2.75, 3.05) is 5.75 Å². The second-order valence-electron chi connectivity index (χ2n) is 8.07. The second kappa shape index (κ2) is 7.74. The molecule has 0 saturated heterocycles. The van der Waals surface area contributed by atoms with Gasteiger partial charge in [-0.25, -0.2) is 4.98 Å². The van der Waals surface area contributed by atoms with Crippen LogP contribution in [0.5, 0.6) is 0 Å². The summed E-state index contributed by atoms with van der Waals surface area (Å²) in [6.45, 7) is 12.9. The molecule has 1 aromatic carbocycles. The van der Waals surface area contributed by atoms with Crippen LogP contribution in [0.25, 0.3) is 15.9 Å². The summed E-state index contributed by atoms with van der Waals surface area (Å²) in [6, 6.07) is 8.05. The van der Waals surface area contributed by atoms with Crippen molar-refractivity contribution in [1.82, 2.24) is 9.55 Å². The Bertz CT molecular complexity index is 1140. The Balaban J connectivity index is 1.95. The summed E-state index contributed by atoms with van der Waals surface area (Å²) in [5.41, 5.74) is 3.98. The van der Waals surface area contributed by atoms with Gasteiger partial charge in [0, 0.05) is 17.1 Å². The molecule has 0 spiro atoms. The number of thioether (sulfide) groups is 1. The zero-order valence-corrected chi connectivity index (χ0v) is 19.0. The van der Waals surface area contributed by atoms with E-state index < -0.39 is 0 Å². The molecule has 0 bridgehead atoms. The summed E-state index contributed by atoms with van der Waals surface area (Å²) >= 11 is 3.16. The summed E-state index contributed by atoms with van der Waals surface area (Å²) < 4.78 is 7.87. The molecule has 4 nitrogen and oxygen atoms in total. The Kier molecular flexibility index (Phi) is 5.44. The molecular weight excluding hydrogens is 400 g/mol. The molecule has 29 heavy (non-hydrogen) atoms. The van der Waals surface area contributed by atoms with E-state index in [4.69, 9.17) is 9.72 Å². The first-order chi connectivity index (χ1) is 13.8. The van der Waals surface area contributed by atoms with Gasteiger partial charge in [-0.05, 0) is 44.9 Å². The predicted octanol–water partition coefficient (Wildman–Crippen LogP) is 5.67. The molecule has 1 aliphatic heterocycles. The van der Waals surface area contributed by atoms with Crippen molar-refractivity contribution in [3.8, 4) is 5.69 Å². The van der Waals surface area contributed by atoms with Crippen molar-refractivity contribution in [2.45, 2.75) is 57.9 Å². The van der Waals surface area contributed by atoms with E-state index in [1.807, 2.05) is 38.1 Å². The molecule has 0 radical (unpaired) electrons. The lowest BCUT2D eigenvalue weighted by Gasteiger charge is -2.32. The first-order valence-corrected chi connectivity index (χ1v) is 11.7. The lowest BCUT2D eigenvalue weighted by Crippen LogP contribution is -2.34. The van der Waals surface area contributed by atoms with Crippen LogP contribution in [0.3, 0.4) is 0 Å². The standard InChI is InChI=1S/C23H26N2O2S2/c1-6-23(5)11-17-18(12-27-23)29-20-19(17)21(26)25(16-9-7-15(4)8-10-16)22(24-20)28-13-14(2)3/h7-10H,2,6,11-13H2,1,3-5H3/t23-/m0/s1. The van der Waals surface area contributed by atoms with Gasteiger partial charge >= 0.3 is 0 Å². The van der Waals surface area contributed by atoms with Gasteiger partial charge < -0.3 is 4.74 Å². The summed E-state index contributed by atoms with van der Waals surface area (Å²) in [5, 5.41) is 1.47. The summed E-state index contributed by atoms with van der Waals surface area (Å²) in [5.74, 6) is 0.728. The Hall–Kier alpha value is -1.89. The van der Waals surface area contributed by atoms with Crippen molar-refractivity contribution < 1.29 is 4.74 Å². The molecule has 0 N–H and O–H groups in total. The van der Waals surface area contributed by atoms with E-state index in [0.717, 1.165) is 56.1 Å². The minimum atomic E-state index is -0.227. The number of hydrogen-bond acceptors (Lipinski definition) is 5. The third-order valence-electron chi connectivity index (χ3n) is 5.47. The average molecular weight is 427 g/mol. The molecule has 152 valence electrons. The van der Waals surface area contributed by atoms with Gasteiger partial charge in [-0.3, -0.25) is 9.36 Å². The van der Waals surface area contributed by atoms with Gasteiger partial charge in [0.1, 0.15) is 4.83 Å². The topological polar surface area (TPSA) is 44.1 Å². The van der Waals surface area contributed by atoms with Crippen LogP contribution >= 0.6 is 23.1 Å². The van der Waals surface area contributed by atoms with Crippen LogP contribution in [0, 0.1) is 6.92 Å². The molecule has 1 atom stereocenters. The number of hydrogen-bond donors (Lipinski definition) is 0. The van der Waals surface area contributed by atoms with Gasteiger partial charge in [0.05, 0.1) is 23.3 Å². The van der Waals surface area contributed by atoms with E-state index in [9.17, 15) is 4.79 Å². The maximum atomic E-state index is 13.8. The number of benzene rings is 1. The summed E-state index contributed by atoms with van der Waals surface area (Å²) in [4.78, 5) is 20.6. The van der Waals surface area contributed by atoms with Crippen LogP contribution in [0.1, 0.15) is 43.2 Å². The van der Waals surface area contributed by atoms with Crippen molar-refractivity contribution >= 4 is 33.3 Å². The number of thiophene rings is 1. The van der Waals surface area contributed by atoms with Crippen molar-refractivity contribution in [2.24, 2.45) is 0 Å². The highest BCUT2D eigenvalue weighted by atomic mass is 32.2. The predicted molar refractivity (Wildman–Crippen MR) is 123 cm³/mol. The molecule has 4 rings (SSSR count). The SMILES string of the molecule is C=C(C)CSc1nc2sc3c(c2c(=O)n1-c1ccc(C)cc1)C[C@](C)(CC)OC3. The maximum absolute atomic E-state index is 13.8. The number of aryl methyl sites for hydroxylation is 1. The minimum absolute atomic E-state index is 0.0147. The van der Waals surface area contributed by atoms with Gasteiger partial charge in [0.25, 0.3) is 5.56 Å². The number of nitrogens with zero attached hydrogens (tertiary/aromatic N) is 2. The zero-order chi connectivity index (χ0) is 20.8.